The first-order chi connectivity index (χ1) is 10.4. The number of aryl methyl sites for hydroxylation is 1. The molecule has 0 radical (unpaired) electrons. The van der Waals surface area contributed by atoms with E-state index in [4.69, 9.17) is 9.15 Å². The van der Waals surface area contributed by atoms with Crippen LogP contribution in [-0.2, 0) is 4.74 Å². The number of benzene rings is 1. The van der Waals surface area contributed by atoms with Crippen LogP contribution in [0.15, 0.2) is 16.5 Å². The molecule has 2 heterocycles. The molecule has 1 saturated heterocycles. The van der Waals surface area contributed by atoms with E-state index in [0.717, 1.165) is 0 Å². The van der Waals surface area contributed by atoms with Crippen molar-refractivity contribution in [1.82, 2.24) is 4.98 Å². The molecule has 2 aromatic rings. The van der Waals surface area contributed by atoms with Crippen LogP contribution < -0.4 is 4.90 Å². The molecule has 7 heteroatoms. The number of methoxy groups -OCH3 is 1. The molecular formula is C15H16F2N2O3. The van der Waals surface area contributed by atoms with Gasteiger partial charge in [-0.15, -0.1) is 0 Å². The normalized spacial score (nSPS) is 17.7. The van der Waals surface area contributed by atoms with E-state index in [2.05, 4.69) is 4.98 Å². The number of oxazole rings is 1. The number of esters is 1. The van der Waals surface area contributed by atoms with Gasteiger partial charge < -0.3 is 14.1 Å². The number of ether oxygens (including phenoxy) is 1. The number of nitrogens with zero attached hydrogens (tertiary/aromatic N) is 2. The number of aromatic nitrogens is 1. The van der Waals surface area contributed by atoms with Crippen molar-refractivity contribution in [3.63, 3.8) is 0 Å². The zero-order chi connectivity index (χ0) is 15.9. The topological polar surface area (TPSA) is 55.6 Å². The van der Waals surface area contributed by atoms with Crippen LogP contribution in [-0.4, -0.2) is 37.1 Å². The Morgan fingerprint density at radius 2 is 2.05 bits per heavy atom. The third-order valence-corrected chi connectivity index (χ3v) is 3.83. The molecule has 0 N–H and O–H groups in total. The highest BCUT2D eigenvalue weighted by atomic mass is 19.3. The summed E-state index contributed by atoms with van der Waals surface area (Å²) >= 11 is 0. The summed E-state index contributed by atoms with van der Waals surface area (Å²) in [5, 5.41) is 0. The SMILES string of the molecule is COC(=O)c1cc(N2CCC(F)(F)CC2)c2oc(C)nc2c1. The van der Waals surface area contributed by atoms with Gasteiger partial charge >= 0.3 is 5.97 Å². The fraction of sp³-hybridized carbons (Fsp3) is 0.467. The second-order valence-corrected chi connectivity index (χ2v) is 5.41. The van der Waals surface area contributed by atoms with Gasteiger partial charge in [-0.1, -0.05) is 0 Å². The Labute approximate surface area is 125 Å². The second-order valence-electron chi connectivity index (χ2n) is 5.41. The maximum absolute atomic E-state index is 13.3. The lowest BCUT2D eigenvalue weighted by Crippen LogP contribution is -2.39. The highest BCUT2D eigenvalue weighted by molar-refractivity contribution is 5.98. The molecule has 1 aromatic carbocycles. The summed E-state index contributed by atoms with van der Waals surface area (Å²) in [4.78, 5) is 17.8. The van der Waals surface area contributed by atoms with Gasteiger partial charge in [-0.3, -0.25) is 0 Å². The average molecular weight is 310 g/mol. The molecule has 0 spiro atoms. The van der Waals surface area contributed by atoms with E-state index < -0.39 is 11.9 Å². The monoisotopic (exact) mass is 310 g/mol. The van der Waals surface area contributed by atoms with E-state index in [9.17, 15) is 13.6 Å². The standard InChI is InChI=1S/C15H16F2N2O3/c1-9-18-11-7-10(14(20)21-2)8-12(13(11)22-9)19-5-3-15(16,17)4-6-19/h7-8H,3-6H2,1-2H3. The molecule has 22 heavy (non-hydrogen) atoms. The van der Waals surface area contributed by atoms with Crippen molar-refractivity contribution < 1.29 is 22.7 Å². The van der Waals surface area contributed by atoms with Gasteiger partial charge in [0, 0.05) is 32.9 Å². The lowest BCUT2D eigenvalue weighted by atomic mass is 10.0. The third kappa shape index (κ3) is 2.63. The molecule has 1 fully saturated rings. The molecule has 0 amide bonds. The summed E-state index contributed by atoms with van der Waals surface area (Å²) in [5.41, 5.74) is 1.97. The highest BCUT2D eigenvalue weighted by Crippen LogP contribution is 2.35. The molecule has 3 rings (SSSR count). The lowest BCUT2D eigenvalue weighted by molar-refractivity contribution is -0.0220. The Morgan fingerprint density at radius 3 is 2.68 bits per heavy atom. The number of carbonyl (C=O) groups excluding carboxylic acids is 1. The van der Waals surface area contributed by atoms with Crippen LogP contribution in [0, 0.1) is 6.92 Å². The highest BCUT2D eigenvalue weighted by Gasteiger charge is 2.35. The van der Waals surface area contributed by atoms with Gasteiger partial charge in [0.1, 0.15) is 5.52 Å². The van der Waals surface area contributed by atoms with Crippen LogP contribution in [0.3, 0.4) is 0 Å². The van der Waals surface area contributed by atoms with Gasteiger partial charge in [0.2, 0.25) is 0 Å². The van der Waals surface area contributed by atoms with E-state index in [-0.39, 0.29) is 25.9 Å². The number of anilines is 1. The van der Waals surface area contributed by atoms with Gasteiger partial charge in [-0.25, -0.2) is 18.6 Å². The van der Waals surface area contributed by atoms with Crippen molar-refractivity contribution >= 4 is 22.8 Å². The van der Waals surface area contributed by atoms with Crippen molar-refractivity contribution in [2.75, 3.05) is 25.1 Å². The van der Waals surface area contributed by atoms with Crippen molar-refractivity contribution in [2.24, 2.45) is 0 Å². The first kappa shape index (κ1) is 14.7. The number of hydrogen-bond donors (Lipinski definition) is 0. The van der Waals surface area contributed by atoms with Crippen molar-refractivity contribution in [1.29, 1.82) is 0 Å². The maximum atomic E-state index is 13.3. The number of hydrogen-bond acceptors (Lipinski definition) is 5. The molecule has 118 valence electrons. The fourth-order valence-electron chi connectivity index (χ4n) is 2.67. The summed E-state index contributed by atoms with van der Waals surface area (Å²) in [6.07, 6.45) is -0.436. The van der Waals surface area contributed by atoms with E-state index >= 15 is 0 Å². The zero-order valence-electron chi connectivity index (χ0n) is 12.4. The summed E-state index contributed by atoms with van der Waals surface area (Å²) in [6.45, 7) is 2.10. The molecule has 0 unspecified atom stereocenters. The Balaban J connectivity index is 2.05. The molecule has 0 atom stereocenters. The molecule has 0 saturated carbocycles. The van der Waals surface area contributed by atoms with Crippen LogP contribution in [0.1, 0.15) is 29.1 Å². The van der Waals surface area contributed by atoms with Crippen molar-refractivity contribution in [3.8, 4) is 0 Å². The minimum absolute atomic E-state index is 0.201. The summed E-state index contributed by atoms with van der Waals surface area (Å²) in [7, 11) is 1.29. The van der Waals surface area contributed by atoms with E-state index in [1.807, 2.05) is 0 Å². The zero-order valence-corrected chi connectivity index (χ0v) is 12.4. The van der Waals surface area contributed by atoms with Crippen LogP contribution in [0.2, 0.25) is 0 Å². The molecule has 5 nitrogen and oxygen atoms in total. The molecule has 1 aliphatic heterocycles. The first-order valence-corrected chi connectivity index (χ1v) is 7.02. The molecule has 1 aromatic heterocycles. The number of piperidine rings is 1. The minimum Gasteiger partial charge on any atom is -0.465 e. The third-order valence-electron chi connectivity index (χ3n) is 3.83. The Hall–Kier alpha value is -2.18. The van der Waals surface area contributed by atoms with Crippen LogP contribution in [0.4, 0.5) is 14.5 Å². The fourth-order valence-corrected chi connectivity index (χ4v) is 2.67. The second kappa shape index (κ2) is 5.23. The quantitative estimate of drug-likeness (QED) is 0.798. The van der Waals surface area contributed by atoms with Crippen molar-refractivity contribution in [2.45, 2.75) is 25.7 Å². The number of fused-ring (bicyclic) bond motifs is 1. The lowest BCUT2D eigenvalue weighted by Gasteiger charge is -2.33. The van der Waals surface area contributed by atoms with Crippen molar-refractivity contribution in [3.05, 3.63) is 23.6 Å². The van der Waals surface area contributed by atoms with Gasteiger partial charge in [0.25, 0.3) is 5.92 Å². The van der Waals surface area contributed by atoms with Gasteiger partial charge in [-0.05, 0) is 12.1 Å². The Kier molecular flexibility index (Phi) is 3.50. The Bertz CT molecular complexity index is 717. The van der Waals surface area contributed by atoms with E-state index in [1.165, 1.54) is 7.11 Å². The first-order valence-electron chi connectivity index (χ1n) is 7.02. The summed E-state index contributed by atoms with van der Waals surface area (Å²) in [5.74, 6) is -2.67. The van der Waals surface area contributed by atoms with Crippen LogP contribution in [0.5, 0.6) is 0 Å². The molecule has 1 aliphatic rings. The predicted octanol–water partition coefficient (Wildman–Crippen LogP) is 3.16. The van der Waals surface area contributed by atoms with Gasteiger partial charge in [0.15, 0.2) is 11.5 Å². The average Bonchev–Trinajstić information content (AvgIpc) is 2.85. The maximum Gasteiger partial charge on any atom is 0.338 e. The summed E-state index contributed by atoms with van der Waals surface area (Å²) in [6, 6.07) is 3.20. The molecule has 0 aliphatic carbocycles. The number of alkyl halides is 2. The largest absolute Gasteiger partial charge is 0.465 e. The van der Waals surface area contributed by atoms with E-state index in [0.29, 0.717) is 28.2 Å². The number of carbonyl (C=O) groups is 1. The predicted molar refractivity (Wildman–Crippen MR) is 76.5 cm³/mol. The summed E-state index contributed by atoms with van der Waals surface area (Å²) < 4.78 is 37.0. The molecular weight excluding hydrogens is 294 g/mol. The number of halogens is 2. The Morgan fingerprint density at radius 1 is 1.36 bits per heavy atom. The number of rotatable bonds is 2. The smallest absolute Gasteiger partial charge is 0.338 e. The molecule has 0 bridgehead atoms. The van der Waals surface area contributed by atoms with Crippen LogP contribution >= 0.6 is 0 Å². The van der Waals surface area contributed by atoms with E-state index in [1.54, 1.807) is 24.0 Å². The minimum atomic E-state index is -2.63. The van der Waals surface area contributed by atoms with Crippen LogP contribution in [0.25, 0.3) is 11.1 Å². The van der Waals surface area contributed by atoms with Gasteiger partial charge in [-0.2, -0.15) is 0 Å². The van der Waals surface area contributed by atoms with Gasteiger partial charge in [0.05, 0.1) is 18.4 Å².